The van der Waals surface area contributed by atoms with Crippen molar-refractivity contribution in [1.29, 1.82) is 0 Å². The summed E-state index contributed by atoms with van der Waals surface area (Å²) in [6.45, 7) is 0.396. The van der Waals surface area contributed by atoms with E-state index in [4.69, 9.17) is 9.22 Å². The number of rotatable bonds is 7. The van der Waals surface area contributed by atoms with Gasteiger partial charge < -0.3 is 10.0 Å². The van der Waals surface area contributed by atoms with Crippen LogP contribution in [0, 0.1) is 0 Å². The molecule has 0 saturated carbocycles. The third-order valence-corrected chi connectivity index (χ3v) is 1.63. The minimum Gasteiger partial charge on any atom is -0.481 e. The van der Waals surface area contributed by atoms with Crippen LogP contribution in [0.4, 0.5) is 0 Å². The molecule has 0 aliphatic heterocycles. The summed E-state index contributed by atoms with van der Waals surface area (Å²) in [4.78, 5) is 11.6. The predicted octanol–water partition coefficient (Wildman–Crippen LogP) is 1.58. The molecule has 0 aliphatic carbocycles. The Morgan fingerprint density at radius 1 is 1.50 bits per heavy atom. The number of unbranched alkanes of at least 4 members (excludes halogenated alkanes) is 2. The Labute approximate surface area is 78.6 Å². The van der Waals surface area contributed by atoms with Crippen molar-refractivity contribution in [2.24, 2.45) is 0 Å². The largest absolute Gasteiger partial charge is 0.481 e. The third-order valence-electron chi connectivity index (χ3n) is 1.63. The first-order valence-electron chi connectivity index (χ1n) is 5.84. The van der Waals surface area contributed by atoms with Crippen LogP contribution in [0.15, 0.2) is 0 Å². The zero-order chi connectivity index (χ0) is 11.9. The number of hydrogen-bond acceptors (Lipinski definition) is 2. The zero-order valence-electron chi connectivity index (χ0n) is 10.5. The molecule has 3 nitrogen and oxygen atoms in total. The molecule has 0 radical (unpaired) electrons. The first-order valence-corrected chi connectivity index (χ1v) is 4.34. The summed E-state index contributed by atoms with van der Waals surface area (Å²) in [7, 11) is 0. The van der Waals surface area contributed by atoms with Gasteiger partial charge in [-0.2, -0.15) is 0 Å². The van der Waals surface area contributed by atoms with Crippen LogP contribution in [-0.4, -0.2) is 36.0 Å². The van der Waals surface area contributed by atoms with Crippen molar-refractivity contribution in [3.63, 3.8) is 0 Å². The quantitative estimate of drug-likeness (QED) is 0.599. The second-order valence-electron chi connectivity index (χ2n) is 2.84. The highest BCUT2D eigenvalue weighted by Gasteiger charge is 2.00. The molecule has 1 N–H and O–H groups in total. The van der Waals surface area contributed by atoms with E-state index in [1.807, 2.05) is 6.92 Å². The summed E-state index contributed by atoms with van der Waals surface area (Å²) in [6, 6.07) is 0. The molecule has 0 spiro atoms. The number of carbonyl (C=O) groups is 1. The van der Waals surface area contributed by atoms with Crippen molar-refractivity contribution < 1.29 is 14.0 Å². The Kier molecular flexibility index (Phi) is 4.08. The van der Waals surface area contributed by atoms with E-state index in [0.29, 0.717) is 6.54 Å². The van der Waals surface area contributed by atoms with Gasteiger partial charge in [0.1, 0.15) is 0 Å². The van der Waals surface area contributed by atoms with Gasteiger partial charge in [0, 0.05) is 10.7 Å². The second kappa shape index (κ2) is 7.10. The second-order valence-corrected chi connectivity index (χ2v) is 2.84. The lowest BCUT2D eigenvalue weighted by Crippen LogP contribution is -2.22. The van der Waals surface area contributed by atoms with Crippen LogP contribution in [0.5, 0.6) is 0 Å². The lowest BCUT2D eigenvalue weighted by molar-refractivity contribution is -0.137. The van der Waals surface area contributed by atoms with Gasteiger partial charge in [-0.15, -0.1) is 0 Å². The van der Waals surface area contributed by atoms with Crippen molar-refractivity contribution in [3.8, 4) is 0 Å². The minimum atomic E-state index is -2.18. The molecule has 3 heteroatoms. The Morgan fingerprint density at radius 2 is 2.25 bits per heavy atom. The highest BCUT2D eigenvalue weighted by Crippen LogP contribution is 1.96. The summed E-state index contributed by atoms with van der Waals surface area (Å²) in [6.07, 6.45) is 2.67. The fraction of sp³-hybridized carbons (Fsp3) is 0.889. The lowest BCUT2D eigenvalue weighted by atomic mass is 10.2. The Bertz CT molecular complexity index is 194. The monoisotopic (exact) mass is 176 g/mol. The van der Waals surface area contributed by atoms with Gasteiger partial charge in [-0.05, 0) is 19.9 Å². The summed E-state index contributed by atoms with van der Waals surface area (Å²) in [5.74, 6) is -0.959. The molecule has 0 saturated heterocycles. The molecule has 0 aromatic carbocycles. The fourth-order valence-electron chi connectivity index (χ4n) is 0.895. The molecule has 0 aromatic rings. The molecule has 0 fully saturated rings. The molecule has 0 bridgehead atoms. The van der Waals surface area contributed by atoms with Gasteiger partial charge in [-0.3, -0.25) is 4.79 Å². The Hall–Kier alpha value is -0.570. The molecular formula is C9H19NO2. The van der Waals surface area contributed by atoms with E-state index >= 15 is 0 Å². The standard InChI is InChI=1S/C9H19NO2/c1-3-4-5-7-10(2)8-6-9(11)12/h3-8H2,1-2H3,(H,11,12)/i2D3. The lowest BCUT2D eigenvalue weighted by Gasteiger charge is -2.14. The predicted molar refractivity (Wildman–Crippen MR) is 49.3 cm³/mol. The topological polar surface area (TPSA) is 40.5 Å². The molecule has 0 aromatic heterocycles. The molecule has 0 aliphatic rings. The average Bonchev–Trinajstić information content (AvgIpc) is 2.08. The molecule has 0 atom stereocenters. The van der Waals surface area contributed by atoms with Crippen LogP contribution in [0.3, 0.4) is 0 Å². The highest BCUT2D eigenvalue weighted by molar-refractivity contribution is 5.66. The van der Waals surface area contributed by atoms with Gasteiger partial charge in [-0.25, -0.2) is 0 Å². The number of nitrogens with zero attached hydrogens (tertiary/aromatic N) is 1. The van der Waals surface area contributed by atoms with Crippen LogP contribution in [0.1, 0.15) is 36.7 Å². The van der Waals surface area contributed by atoms with Gasteiger partial charge in [-0.1, -0.05) is 19.8 Å². The van der Waals surface area contributed by atoms with E-state index in [1.165, 1.54) is 4.90 Å². The van der Waals surface area contributed by atoms with Gasteiger partial charge in [0.2, 0.25) is 0 Å². The van der Waals surface area contributed by atoms with E-state index in [9.17, 15) is 4.79 Å². The molecule has 12 heavy (non-hydrogen) atoms. The van der Waals surface area contributed by atoms with Gasteiger partial charge in [0.15, 0.2) is 0 Å². The Balaban J connectivity index is 4.02. The van der Waals surface area contributed by atoms with E-state index in [-0.39, 0.29) is 13.0 Å². The van der Waals surface area contributed by atoms with E-state index in [2.05, 4.69) is 0 Å². The summed E-state index contributed by atoms with van der Waals surface area (Å²) in [5, 5.41) is 8.49. The zero-order valence-corrected chi connectivity index (χ0v) is 7.55. The maximum absolute atomic E-state index is 10.4. The maximum atomic E-state index is 10.4. The molecular weight excluding hydrogens is 154 g/mol. The van der Waals surface area contributed by atoms with E-state index < -0.39 is 12.9 Å². The van der Waals surface area contributed by atoms with Crippen molar-refractivity contribution in [1.82, 2.24) is 4.90 Å². The summed E-state index contributed by atoms with van der Waals surface area (Å²) in [5.41, 5.74) is 0. The molecule has 0 amide bonds. The van der Waals surface area contributed by atoms with E-state index in [0.717, 1.165) is 19.3 Å². The first-order chi connectivity index (χ1) is 6.88. The highest BCUT2D eigenvalue weighted by atomic mass is 16.4. The van der Waals surface area contributed by atoms with E-state index in [1.54, 1.807) is 0 Å². The van der Waals surface area contributed by atoms with Crippen LogP contribution >= 0.6 is 0 Å². The van der Waals surface area contributed by atoms with Crippen LogP contribution in [-0.2, 0) is 4.79 Å². The van der Waals surface area contributed by atoms with Crippen molar-refractivity contribution in [3.05, 3.63) is 0 Å². The normalized spacial score (nSPS) is 15.3. The smallest absolute Gasteiger partial charge is 0.304 e. The molecule has 72 valence electrons. The van der Waals surface area contributed by atoms with Crippen LogP contribution in [0.2, 0.25) is 0 Å². The molecule has 0 unspecified atom stereocenters. The number of aliphatic carboxylic acids is 1. The van der Waals surface area contributed by atoms with Gasteiger partial charge >= 0.3 is 5.97 Å². The van der Waals surface area contributed by atoms with Crippen LogP contribution in [0.25, 0.3) is 0 Å². The van der Waals surface area contributed by atoms with Crippen molar-refractivity contribution in [2.45, 2.75) is 32.6 Å². The molecule has 0 heterocycles. The minimum absolute atomic E-state index is 0.0928. The van der Waals surface area contributed by atoms with Gasteiger partial charge in [0.25, 0.3) is 0 Å². The fourth-order valence-corrected chi connectivity index (χ4v) is 0.895. The number of hydrogen-bond donors (Lipinski definition) is 1. The summed E-state index contributed by atoms with van der Waals surface area (Å²) < 4.78 is 21.7. The number of carboxylic acid groups (broad SMARTS) is 1. The third kappa shape index (κ3) is 7.54. The van der Waals surface area contributed by atoms with Gasteiger partial charge in [0.05, 0.1) is 6.42 Å². The average molecular weight is 176 g/mol. The SMILES string of the molecule is [2H]C([2H])([2H])N(CCCCC)CCC(=O)O. The van der Waals surface area contributed by atoms with Crippen LogP contribution < -0.4 is 0 Å². The molecule has 0 rings (SSSR count). The maximum Gasteiger partial charge on any atom is 0.304 e. The van der Waals surface area contributed by atoms with Crippen molar-refractivity contribution >= 4 is 5.97 Å². The first kappa shape index (κ1) is 6.89. The summed E-state index contributed by atoms with van der Waals surface area (Å²) >= 11 is 0. The van der Waals surface area contributed by atoms with Crippen molar-refractivity contribution in [2.75, 3.05) is 20.1 Å². The Morgan fingerprint density at radius 3 is 2.75 bits per heavy atom. The number of carboxylic acids is 1.